The van der Waals surface area contributed by atoms with Gasteiger partial charge < -0.3 is 14.7 Å². The van der Waals surface area contributed by atoms with Gasteiger partial charge in [0.1, 0.15) is 12.4 Å². The highest BCUT2D eigenvalue weighted by molar-refractivity contribution is 6.34. The summed E-state index contributed by atoms with van der Waals surface area (Å²) in [7, 11) is 0. The number of hydrogen-bond acceptors (Lipinski definition) is 5. The van der Waals surface area contributed by atoms with E-state index in [1.54, 1.807) is 0 Å². The van der Waals surface area contributed by atoms with Crippen LogP contribution in [0.3, 0.4) is 0 Å². The molecule has 194 valence electrons. The summed E-state index contributed by atoms with van der Waals surface area (Å²) in [6.45, 7) is 5.71. The summed E-state index contributed by atoms with van der Waals surface area (Å²) in [5, 5.41) is 17.6. The zero-order valence-corrected chi connectivity index (χ0v) is 22.1. The molecule has 0 bridgehead atoms. The molecule has 1 aliphatic heterocycles. The average Bonchev–Trinajstić information content (AvgIpc) is 3.45. The summed E-state index contributed by atoms with van der Waals surface area (Å²) in [6.07, 6.45) is 8.76. The van der Waals surface area contributed by atoms with Crippen molar-refractivity contribution in [1.29, 1.82) is 0 Å². The number of aromatic nitrogens is 3. The normalized spacial score (nSPS) is 18.8. The van der Waals surface area contributed by atoms with Crippen LogP contribution in [0, 0.1) is 11.8 Å². The van der Waals surface area contributed by atoms with Crippen molar-refractivity contribution in [3.8, 4) is 5.75 Å². The van der Waals surface area contributed by atoms with Gasteiger partial charge >= 0.3 is 5.97 Å². The largest absolute Gasteiger partial charge is 0.489 e. The highest BCUT2D eigenvalue weighted by Crippen LogP contribution is 2.39. The number of halogens is 1. The molecule has 0 saturated carbocycles. The lowest BCUT2D eigenvalue weighted by molar-refractivity contribution is -0.142. The number of nitrogens with zero attached hydrogens (tertiary/aromatic N) is 4. The van der Waals surface area contributed by atoms with E-state index in [0.29, 0.717) is 24.8 Å². The molecular weight excluding hydrogens is 500 g/mol. The fourth-order valence-electron chi connectivity index (χ4n) is 5.54. The molecule has 2 aromatic heterocycles. The van der Waals surface area contributed by atoms with Crippen molar-refractivity contribution in [3.63, 3.8) is 0 Å². The Morgan fingerprint density at radius 3 is 2.79 bits per heavy atom. The van der Waals surface area contributed by atoms with Gasteiger partial charge in [-0.1, -0.05) is 42.0 Å². The first kappa shape index (κ1) is 24.5. The van der Waals surface area contributed by atoms with Crippen LogP contribution in [0.15, 0.2) is 72.6 Å². The minimum atomic E-state index is -0.714. The maximum absolute atomic E-state index is 11.8. The molecule has 1 aliphatic carbocycles. The van der Waals surface area contributed by atoms with Crippen LogP contribution in [0.1, 0.15) is 37.4 Å². The summed E-state index contributed by atoms with van der Waals surface area (Å²) < 4.78 is 7.92. The van der Waals surface area contributed by atoms with Gasteiger partial charge in [-0.3, -0.25) is 4.79 Å². The third-order valence-electron chi connectivity index (χ3n) is 7.46. The highest BCUT2D eigenvalue weighted by Gasteiger charge is 2.40. The van der Waals surface area contributed by atoms with Crippen molar-refractivity contribution < 1.29 is 14.6 Å². The molecule has 2 aliphatic rings. The lowest BCUT2D eigenvalue weighted by Crippen LogP contribution is -2.23. The molecule has 2 atom stereocenters. The topological polar surface area (TPSA) is 80.5 Å². The summed E-state index contributed by atoms with van der Waals surface area (Å²) in [4.78, 5) is 18.6. The van der Waals surface area contributed by atoms with Gasteiger partial charge in [-0.2, -0.15) is 5.10 Å². The van der Waals surface area contributed by atoms with Crippen molar-refractivity contribution in [1.82, 2.24) is 19.7 Å². The molecule has 2 unspecified atom stereocenters. The Morgan fingerprint density at radius 1 is 1.16 bits per heavy atom. The smallest absolute Gasteiger partial charge is 0.308 e. The van der Waals surface area contributed by atoms with Crippen molar-refractivity contribution in [2.45, 2.75) is 39.5 Å². The Balaban J connectivity index is 1.16. The molecule has 1 N–H and O–H groups in total. The van der Waals surface area contributed by atoms with E-state index in [1.807, 2.05) is 49.0 Å². The standard InChI is InChI=1S/C30H29ClN4O3/c1-18(2)35-29-25(28(31)33-35)12-20(14-32-29)17-38-23-10-9-21-11-19(7-8-22(21)13-23)15-34-16-26(30(36)37)24-5-3-4-6-27(24)34/h3-4,6-14,18,24,26H,5,15-17H2,1-2H3,(H,36,37). The van der Waals surface area contributed by atoms with E-state index in [9.17, 15) is 9.90 Å². The number of hydrogen-bond donors (Lipinski definition) is 1. The molecule has 0 spiro atoms. The van der Waals surface area contributed by atoms with Gasteiger partial charge in [0.25, 0.3) is 0 Å². The maximum Gasteiger partial charge on any atom is 0.308 e. The fraction of sp³-hybridized carbons (Fsp3) is 0.300. The van der Waals surface area contributed by atoms with Gasteiger partial charge in [0.05, 0.1) is 11.3 Å². The SMILES string of the molecule is CC(C)n1nc(Cl)c2cc(COc3ccc4cc(CN5CC(C(=O)O)C6CC=CC=C65)ccc4c3)cnc21. The van der Waals surface area contributed by atoms with Gasteiger partial charge in [0.2, 0.25) is 0 Å². The molecule has 8 heteroatoms. The molecule has 3 heterocycles. The quantitative estimate of drug-likeness (QED) is 0.300. The lowest BCUT2D eigenvalue weighted by Gasteiger charge is -2.23. The number of carboxylic acid groups (broad SMARTS) is 1. The second-order valence-electron chi connectivity index (χ2n) is 10.4. The zero-order chi connectivity index (χ0) is 26.4. The predicted molar refractivity (Wildman–Crippen MR) is 148 cm³/mol. The molecule has 0 radical (unpaired) electrons. The molecule has 1 fully saturated rings. The van der Waals surface area contributed by atoms with Crippen LogP contribution in [-0.4, -0.2) is 37.3 Å². The Bertz CT molecular complexity index is 1610. The number of rotatable bonds is 7. The van der Waals surface area contributed by atoms with Crippen LogP contribution in [0.5, 0.6) is 5.75 Å². The Morgan fingerprint density at radius 2 is 1.97 bits per heavy atom. The van der Waals surface area contributed by atoms with Gasteiger partial charge in [-0.05, 0) is 66.9 Å². The Kier molecular flexibility index (Phi) is 6.32. The molecule has 7 nitrogen and oxygen atoms in total. The van der Waals surface area contributed by atoms with Crippen LogP contribution >= 0.6 is 11.6 Å². The highest BCUT2D eigenvalue weighted by atomic mass is 35.5. The molecular formula is C30H29ClN4O3. The van der Waals surface area contributed by atoms with Crippen molar-refractivity contribution >= 4 is 39.4 Å². The molecule has 2 aromatic carbocycles. The van der Waals surface area contributed by atoms with Gasteiger partial charge in [0, 0.05) is 42.5 Å². The first-order valence-corrected chi connectivity index (χ1v) is 13.3. The van der Waals surface area contributed by atoms with E-state index in [0.717, 1.165) is 50.8 Å². The number of carbonyl (C=O) groups is 1. The van der Waals surface area contributed by atoms with Crippen molar-refractivity contribution in [3.05, 3.63) is 88.9 Å². The molecule has 38 heavy (non-hydrogen) atoms. The number of fused-ring (bicyclic) bond motifs is 3. The monoisotopic (exact) mass is 528 g/mol. The third-order valence-corrected chi connectivity index (χ3v) is 7.74. The number of ether oxygens (including phenoxy) is 1. The second-order valence-corrected chi connectivity index (χ2v) is 10.7. The summed E-state index contributed by atoms with van der Waals surface area (Å²) in [6, 6.07) is 14.6. The Hall–Kier alpha value is -3.84. The summed E-state index contributed by atoms with van der Waals surface area (Å²) in [5.41, 5.74) is 3.99. The lowest BCUT2D eigenvalue weighted by atomic mass is 9.88. The minimum Gasteiger partial charge on any atom is -0.489 e. The van der Waals surface area contributed by atoms with E-state index in [1.165, 1.54) is 0 Å². The van der Waals surface area contributed by atoms with Crippen LogP contribution < -0.4 is 4.74 Å². The van der Waals surface area contributed by atoms with Gasteiger partial charge in [-0.15, -0.1) is 0 Å². The number of aliphatic carboxylic acids is 1. The predicted octanol–water partition coefficient (Wildman–Crippen LogP) is 6.37. The van der Waals surface area contributed by atoms with Gasteiger partial charge in [0.15, 0.2) is 10.8 Å². The summed E-state index contributed by atoms with van der Waals surface area (Å²) >= 11 is 6.35. The number of likely N-dealkylation sites (tertiary alicyclic amines) is 1. The maximum atomic E-state index is 11.8. The average molecular weight is 529 g/mol. The van der Waals surface area contributed by atoms with E-state index in [4.69, 9.17) is 16.3 Å². The number of carboxylic acids is 1. The summed E-state index contributed by atoms with van der Waals surface area (Å²) in [5.74, 6) is -0.227. The van der Waals surface area contributed by atoms with E-state index in [-0.39, 0.29) is 17.9 Å². The first-order valence-electron chi connectivity index (χ1n) is 12.9. The van der Waals surface area contributed by atoms with E-state index in [2.05, 4.69) is 51.4 Å². The minimum absolute atomic E-state index is 0.0657. The number of benzene rings is 2. The fourth-order valence-corrected chi connectivity index (χ4v) is 5.76. The first-order chi connectivity index (χ1) is 18.4. The zero-order valence-electron chi connectivity index (χ0n) is 21.3. The number of pyridine rings is 1. The van der Waals surface area contributed by atoms with Crippen LogP contribution in [0.25, 0.3) is 21.8 Å². The molecule has 1 saturated heterocycles. The Labute approximate surface area is 226 Å². The van der Waals surface area contributed by atoms with Gasteiger partial charge in [-0.25, -0.2) is 9.67 Å². The molecule has 6 rings (SSSR count). The molecule has 4 aromatic rings. The molecule has 0 amide bonds. The number of allylic oxidation sites excluding steroid dienone is 4. The van der Waals surface area contributed by atoms with E-state index >= 15 is 0 Å². The van der Waals surface area contributed by atoms with Crippen LogP contribution in [0.2, 0.25) is 5.15 Å². The van der Waals surface area contributed by atoms with Crippen LogP contribution in [-0.2, 0) is 17.9 Å². The second kappa shape index (κ2) is 9.80. The third kappa shape index (κ3) is 4.52. The van der Waals surface area contributed by atoms with Crippen LogP contribution in [0.4, 0.5) is 0 Å². The van der Waals surface area contributed by atoms with Crippen molar-refractivity contribution in [2.24, 2.45) is 11.8 Å². The van der Waals surface area contributed by atoms with Crippen molar-refractivity contribution in [2.75, 3.05) is 6.54 Å². The van der Waals surface area contributed by atoms with E-state index < -0.39 is 5.97 Å².